The predicted octanol–water partition coefficient (Wildman–Crippen LogP) is 41.2. The third-order valence-corrected chi connectivity index (χ3v) is 28.5. The topological polar surface area (TPSA) is 49.1 Å². The van der Waals surface area contributed by atoms with Gasteiger partial charge in [-0.2, -0.15) is 0 Å². The highest BCUT2D eigenvalue weighted by Crippen LogP contribution is 2.47. The molecular formula is C144H99N3O3. The van der Waals surface area contributed by atoms with E-state index in [4.69, 9.17) is 13.3 Å². The van der Waals surface area contributed by atoms with E-state index in [2.05, 4.69) is 579 Å². The molecule has 6 heteroatoms. The second-order valence-corrected chi connectivity index (χ2v) is 37.7. The summed E-state index contributed by atoms with van der Waals surface area (Å²) in [5.74, 6) is 0. The molecule has 0 radical (unpaired) electrons. The van der Waals surface area contributed by atoms with E-state index in [1.54, 1.807) is 0 Å². The zero-order valence-corrected chi connectivity index (χ0v) is 82.2. The van der Waals surface area contributed by atoms with Gasteiger partial charge in [-0.25, -0.2) is 0 Å². The van der Waals surface area contributed by atoms with Crippen molar-refractivity contribution in [1.29, 1.82) is 0 Å². The second-order valence-electron chi connectivity index (χ2n) is 37.7. The Hall–Kier alpha value is -19.9. The van der Waals surface area contributed by atoms with Crippen molar-refractivity contribution in [3.63, 3.8) is 0 Å². The quantitative estimate of drug-likeness (QED) is 0.0715. The molecule has 0 N–H and O–H groups in total. The van der Waals surface area contributed by atoms with E-state index in [9.17, 15) is 0 Å². The Morgan fingerprint density at radius 1 is 0.100 bits per heavy atom. The van der Waals surface area contributed by atoms with E-state index in [0.29, 0.717) is 0 Å². The summed E-state index contributed by atoms with van der Waals surface area (Å²) < 4.78 is 19.1. The van der Waals surface area contributed by atoms with Crippen LogP contribution in [0.1, 0.15) is 0 Å². The molecule has 0 saturated carbocycles. The molecule has 0 fully saturated rings. The number of furan rings is 3. The number of rotatable bonds is 21. The number of para-hydroxylation sites is 6. The highest BCUT2D eigenvalue weighted by Gasteiger charge is 2.23. The third kappa shape index (κ3) is 18.9. The van der Waals surface area contributed by atoms with E-state index in [-0.39, 0.29) is 0 Å². The fraction of sp³-hybridized carbons (Fsp3) is 0. The van der Waals surface area contributed by atoms with Crippen molar-refractivity contribution >= 4 is 117 Å². The van der Waals surface area contributed by atoms with Crippen molar-refractivity contribution in [3.8, 4) is 134 Å². The van der Waals surface area contributed by atoms with Crippen LogP contribution in [0.4, 0.5) is 51.2 Å². The van der Waals surface area contributed by atoms with E-state index >= 15 is 0 Å². The molecule has 0 spiro atoms. The van der Waals surface area contributed by atoms with Gasteiger partial charge in [0.25, 0.3) is 0 Å². The van der Waals surface area contributed by atoms with E-state index in [1.807, 2.05) is 36.4 Å². The van der Waals surface area contributed by atoms with Gasteiger partial charge in [-0.3, -0.25) is 0 Å². The Bertz CT molecular complexity index is 9140. The predicted molar refractivity (Wildman–Crippen MR) is 630 cm³/mol. The lowest BCUT2D eigenvalue weighted by Crippen LogP contribution is -2.10. The van der Waals surface area contributed by atoms with E-state index < -0.39 is 0 Å². The average Bonchev–Trinajstić information content (AvgIpc) is 1.62. The first-order chi connectivity index (χ1) is 74.3. The zero-order valence-electron chi connectivity index (χ0n) is 82.2. The van der Waals surface area contributed by atoms with Crippen LogP contribution in [0.25, 0.3) is 199 Å². The van der Waals surface area contributed by atoms with Gasteiger partial charge in [-0.15, -0.1) is 0 Å². The lowest BCUT2D eigenvalue weighted by molar-refractivity contribution is 0.669. The molecular weight excluding hydrogens is 1820 g/mol. The second kappa shape index (κ2) is 41.4. The van der Waals surface area contributed by atoms with Crippen LogP contribution in [-0.4, -0.2) is 0 Å². The maximum atomic E-state index is 6.40. The van der Waals surface area contributed by atoms with Gasteiger partial charge in [0.1, 0.15) is 33.5 Å². The van der Waals surface area contributed by atoms with Crippen LogP contribution in [0.15, 0.2) is 614 Å². The number of hydrogen-bond acceptors (Lipinski definition) is 6. The number of anilines is 9. The van der Waals surface area contributed by atoms with Crippen molar-refractivity contribution in [2.24, 2.45) is 0 Å². The van der Waals surface area contributed by atoms with Crippen LogP contribution in [0.3, 0.4) is 0 Å². The van der Waals surface area contributed by atoms with Gasteiger partial charge in [-0.05, 0) is 256 Å². The normalized spacial score (nSPS) is 11.2. The first-order valence-electron chi connectivity index (χ1n) is 51.0. The average molecular weight is 1920 g/mol. The molecule has 0 aliphatic rings. The third-order valence-electron chi connectivity index (χ3n) is 28.5. The largest absolute Gasteiger partial charge is 0.455 e. The van der Waals surface area contributed by atoms with Gasteiger partial charge < -0.3 is 28.0 Å². The van der Waals surface area contributed by atoms with Crippen LogP contribution < -0.4 is 14.7 Å². The SMILES string of the molecule is c1ccc(-c2ccc(N(c3ccc(-c4ccccc4)cc3)c3ccc(-c4ccc(-c5cccc(-c6cccc7c6oc6ccccc67)c5)cc4)cc3)cc2)cc1.c1ccc(-c2ccc(N(c3ccc(-c4ccccc4)cc3)c3ccc(-c4cccc(-c5cccc6c5oc5ccccc56)c4)cc3)cc2)cc1.c1ccc(-c2ccc(N(c3ccc(-c4ccccc4)cc3)c3cccc(-c4cccc5c4oc4ccccc45)c3)cc2)cc1. The van der Waals surface area contributed by atoms with Crippen LogP contribution in [0.5, 0.6) is 0 Å². The van der Waals surface area contributed by atoms with Crippen LogP contribution in [-0.2, 0) is 0 Å². The van der Waals surface area contributed by atoms with E-state index in [0.717, 1.165) is 162 Å². The van der Waals surface area contributed by atoms with Gasteiger partial charge in [0, 0.05) is 100 Å². The van der Waals surface area contributed by atoms with Crippen molar-refractivity contribution in [2.75, 3.05) is 14.7 Å². The zero-order chi connectivity index (χ0) is 99.8. The minimum absolute atomic E-state index is 0.907. The lowest BCUT2D eigenvalue weighted by Gasteiger charge is -2.26. The number of fused-ring (bicyclic) bond motifs is 9. The summed E-state index contributed by atoms with van der Waals surface area (Å²) in [7, 11) is 0. The number of nitrogens with zero attached hydrogens (tertiary/aromatic N) is 3. The summed E-state index contributed by atoms with van der Waals surface area (Å²) >= 11 is 0. The molecule has 3 heterocycles. The molecule has 0 amide bonds. The highest BCUT2D eigenvalue weighted by atomic mass is 16.3. The van der Waals surface area contributed by atoms with Crippen molar-refractivity contribution in [2.45, 2.75) is 0 Å². The van der Waals surface area contributed by atoms with Crippen molar-refractivity contribution < 1.29 is 13.3 Å². The Kier molecular flexibility index (Phi) is 25.2. The monoisotopic (exact) mass is 1920 g/mol. The van der Waals surface area contributed by atoms with Crippen LogP contribution in [0, 0.1) is 0 Å². The van der Waals surface area contributed by atoms with Gasteiger partial charge in [-0.1, -0.05) is 461 Å². The molecule has 27 rings (SSSR count). The first-order valence-corrected chi connectivity index (χ1v) is 51.0. The van der Waals surface area contributed by atoms with Crippen molar-refractivity contribution in [3.05, 3.63) is 601 Å². The lowest BCUT2D eigenvalue weighted by atomic mass is 9.96. The molecule has 0 aliphatic carbocycles. The minimum atomic E-state index is 0.907. The molecule has 0 unspecified atom stereocenters. The fourth-order valence-electron chi connectivity index (χ4n) is 20.9. The number of benzene rings is 24. The Balaban J connectivity index is 0.000000117. The van der Waals surface area contributed by atoms with Crippen LogP contribution >= 0.6 is 0 Å². The molecule has 0 atom stereocenters. The Morgan fingerprint density at radius 3 is 0.500 bits per heavy atom. The minimum Gasteiger partial charge on any atom is -0.455 e. The summed E-state index contributed by atoms with van der Waals surface area (Å²) in [6.45, 7) is 0. The summed E-state index contributed by atoms with van der Waals surface area (Å²) in [6.07, 6.45) is 0. The fourth-order valence-corrected chi connectivity index (χ4v) is 20.9. The smallest absolute Gasteiger partial charge is 0.143 e. The summed E-state index contributed by atoms with van der Waals surface area (Å²) in [4.78, 5) is 6.98. The molecule has 150 heavy (non-hydrogen) atoms. The van der Waals surface area contributed by atoms with E-state index in [1.165, 1.54) is 89.0 Å². The van der Waals surface area contributed by atoms with Gasteiger partial charge >= 0.3 is 0 Å². The van der Waals surface area contributed by atoms with Gasteiger partial charge in [0.2, 0.25) is 0 Å². The summed E-state index contributed by atoms with van der Waals surface area (Å²) in [6, 6.07) is 213. The standard InChI is InChI=1S/C54H37NO.C48H33NO.C42H29NO/c1-3-11-38(12-4-1)41-25-31-47(32-26-41)55(48-33-27-42(28-34-48)39-13-5-2-6-14-39)49-35-29-43(30-36-49)40-21-23-44(24-22-40)45-15-9-16-46(37-45)50-18-10-19-52-51-17-7-8-20-53(51)56-54(50)52;1-3-11-34(12-4-1)36-21-27-41(28-22-36)49(42-29-23-37(24-30-42)35-13-5-2-6-14-35)43-31-25-38(26-32-43)39-15-9-16-40(33-39)44-18-10-19-46-45-17-7-8-20-47(45)50-48(44)46;1-3-11-30(12-4-1)32-21-25-35(26-22-32)43(36-27-23-33(24-28-36)31-13-5-2-6-14-31)37-16-9-15-34(29-37)38-18-10-19-40-39-17-7-8-20-41(39)44-42(38)40/h1-37H;1-33H;1-29H. The van der Waals surface area contributed by atoms with Gasteiger partial charge in [0.15, 0.2) is 0 Å². The maximum absolute atomic E-state index is 6.40. The first kappa shape index (κ1) is 91.3. The summed E-state index contributed by atoms with van der Waals surface area (Å²) in [5.41, 5.74) is 43.5. The molecule has 0 aliphatic heterocycles. The molecule has 3 aromatic heterocycles. The molecule has 6 nitrogen and oxygen atoms in total. The molecule has 24 aromatic carbocycles. The molecule has 27 aromatic rings. The maximum Gasteiger partial charge on any atom is 0.143 e. The van der Waals surface area contributed by atoms with Crippen LogP contribution in [0.2, 0.25) is 0 Å². The van der Waals surface area contributed by atoms with Crippen molar-refractivity contribution in [1.82, 2.24) is 0 Å². The Labute approximate surface area is 872 Å². The number of hydrogen-bond donors (Lipinski definition) is 0. The molecule has 0 saturated heterocycles. The molecule has 0 bridgehead atoms. The van der Waals surface area contributed by atoms with Gasteiger partial charge in [0.05, 0.1) is 0 Å². The summed E-state index contributed by atoms with van der Waals surface area (Å²) in [5, 5.41) is 6.84. The Morgan fingerprint density at radius 2 is 0.260 bits per heavy atom. The molecule has 708 valence electrons. The highest BCUT2D eigenvalue weighted by molar-refractivity contribution is 6.12.